The number of rotatable bonds is 7. The average molecular weight is 432 g/mol. The van der Waals surface area contributed by atoms with Crippen LogP contribution < -0.4 is 20.1 Å². The molecule has 1 aliphatic heterocycles. The highest BCUT2D eigenvalue weighted by Crippen LogP contribution is 2.30. The first-order valence-electron chi connectivity index (χ1n) is 10.2. The van der Waals surface area contributed by atoms with E-state index in [-0.39, 0.29) is 6.04 Å². The molecule has 1 saturated heterocycles. The summed E-state index contributed by atoms with van der Waals surface area (Å²) >= 11 is 1.65. The van der Waals surface area contributed by atoms with Crippen LogP contribution in [0.1, 0.15) is 37.3 Å². The van der Waals surface area contributed by atoms with E-state index in [9.17, 15) is 9.59 Å². The molecular weight excluding hydrogens is 402 g/mol. The Labute approximate surface area is 181 Å². The summed E-state index contributed by atoms with van der Waals surface area (Å²) in [5.41, 5.74) is 1.65. The van der Waals surface area contributed by atoms with Gasteiger partial charge in [0.05, 0.1) is 20.3 Å². The van der Waals surface area contributed by atoms with Crippen molar-refractivity contribution in [1.82, 2.24) is 10.2 Å². The van der Waals surface area contributed by atoms with Gasteiger partial charge in [0.1, 0.15) is 0 Å². The molecule has 1 atom stereocenters. The van der Waals surface area contributed by atoms with E-state index in [2.05, 4.69) is 27.0 Å². The molecule has 3 rings (SSSR count). The normalized spacial score (nSPS) is 15.7. The summed E-state index contributed by atoms with van der Waals surface area (Å²) in [6, 6.07) is 7.13. The minimum atomic E-state index is -0.706. The van der Waals surface area contributed by atoms with Crippen LogP contribution in [0.2, 0.25) is 0 Å². The van der Waals surface area contributed by atoms with Crippen LogP contribution in [0.3, 0.4) is 0 Å². The lowest BCUT2D eigenvalue weighted by molar-refractivity contribution is -0.136. The lowest BCUT2D eigenvalue weighted by atomic mass is 10.1. The van der Waals surface area contributed by atoms with Gasteiger partial charge in [-0.3, -0.25) is 14.5 Å². The van der Waals surface area contributed by atoms with Gasteiger partial charge in [0.15, 0.2) is 11.5 Å². The maximum atomic E-state index is 12.5. The highest BCUT2D eigenvalue weighted by Gasteiger charge is 2.24. The molecule has 2 heterocycles. The largest absolute Gasteiger partial charge is 0.493 e. The quantitative estimate of drug-likeness (QED) is 0.657. The third-order valence-corrected chi connectivity index (χ3v) is 6.01. The van der Waals surface area contributed by atoms with Crippen molar-refractivity contribution in [3.63, 3.8) is 0 Å². The first kappa shape index (κ1) is 22.1. The third-order valence-electron chi connectivity index (χ3n) is 5.31. The van der Waals surface area contributed by atoms with Gasteiger partial charge in [0.25, 0.3) is 0 Å². The van der Waals surface area contributed by atoms with Crippen LogP contribution in [0.5, 0.6) is 11.5 Å². The maximum absolute atomic E-state index is 12.5. The van der Waals surface area contributed by atoms with Gasteiger partial charge in [-0.05, 0) is 60.5 Å². The Morgan fingerprint density at radius 3 is 2.40 bits per heavy atom. The van der Waals surface area contributed by atoms with Crippen molar-refractivity contribution in [2.75, 3.05) is 39.2 Å². The minimum absolute atomic E-state index is 0.0761. The molecule has 2 amide bonds. The summed E-state index contributed by atoms with van der Waals surface area (Å²) in [6.07, 6.45) is 4.81. The number of nitrogens with zero attached hydrogens (tertiary/aromatic N) is 1. The SMILES string of the molecule is COc1ccc(NC(=O)C(=O)NC[C@@H](c2ccsc2)N2CCCCCC2)cc1OC. The molecule has 0 saturated carbocycles. The van der Waals surface area contributed by atoms with Crippen LogP contribution in [0.15, 0.2) is 35.0 Å². The molecule has 162 valence electrons. The zero-order valence-electron chi connectivity index (χ0n) is 17.5. The fourth-order valence-electron chi connectivity index (χ4n) is 3.70. The van der Waals surface area contributed by atoms with E-state index >= 15 is 0 Å². The fraction of sp³-hybridized carbons (Fsp3) is 0.455. The molecule has 2 aromatic rings. The molecule has 0 bridgehead atoms. The predicted molar refractivity (Wildman–Crippen MR) is 118 cm³/mol. The summed E-state index contributed by atoms with van der Waals surface area (Å²) in [6.45, 7) is 2.41. The number of amides is 2. The van der Waals surface area contributed by atoms with Gasteiger partial charge < -0.3 is 20.1 Å². The summed E-state index contributed by atoms with van der Waals surface area (Å²) in [7, 11) is 3.06. The Hall–Kier alpha value is -2.58. The zero-order valence-corrected chi connectivity index (χ0v) is 18.3. The Kier molecular flexibility index (Phi) is 8.10. The fourth-order valence-corrected chi connectivity index (χ4v) is 4.41. The minimum Gasteiger partial charge on any atom is -0.493 e. The molecule has 0 spiro atoms. The number of benzene rings is 1. The number of ether oxygens (including phenoxy) is 2. The van der Waals surface area contributed by atoms with Crippen LogP contribution in [-0.2, 0) is 9.59 Å². The van der Waals surface area contributed by atoms with Crippen LogP contribution >= 0.6 is 11.3 Å². The first-order chi connectivity index (χ1) is 14.6. The topological polar surface area (TPSA) is 79.9 Å². The molecule has 1 aromatic heterocycles. The molecule has 2 N–H and O–H groups in total. The summed E-state index contributed by atoms with van der Waals surface area (Å²) in [5, 5.41) is 9.60. The molecule has 1 aromatic carbocycles. The number of carbonyl (C=O) groups is 2. The monoisotopic (exact) mass is 431 g/mol. The van der Waals surface area contributed by atoms with E-state index < -0.39 is 11.8 Å². The van der Waals surface area contributed by atoms with Gasteiger partial charge in [-0.1, -0.05) is 12.8 Å². The number of likely N-dealkylation sites (tertiary alicyclic amines) is 1. The third kappa shape index (κ3) is 5.73. The number of nitrogens with one attached hydrogen (secondary N) is 2. The van der Waals surface area contributed by atoms with E-state index in [1.807, 2.05) is 5.38 Å². The number of methoxy groups -OCH3 is 2. The summed E-state index contributed by atoms with van der Waals surface area (Å²) < 4.78 is 10.4. The lowest BCUT2D eigenvalue weighted by Gasteiger charge is -2.30. The Bertz CT molecular complexity index is 833. The van der Waals surface area contributed by atoms with Gasteiger partial charge >= 0.3 is 11.8 Å². The Morgan fingerprint density at radius 2 is 1.77 bits per heavy atom. The highest BCUT2D eigenvalue weighted by molar-refractivity contribution is 7.08. The second kappa shape index (κ2) is 11.0. The Balaban J connectivity index is 1.61. The molecule has 30 heavy (non-hydrogen) atoms. The van der Waals surface area contributed by atoms with E-state index in [4.69, 9.17) is 9.47 Å². The first-order valence-corrected chi connectivity index (χ1v) is 11.1. The van der Waals surface area contributed by atoms with E-state index in [0.717, 1.165) is 25.9 Å². The van der Waals surface area contributed by atoms with Crippen molar-refractivity contribution >= 4 is 28.8 Å². The van der Waals surface area contributed by atoms with Gasteiger partial charge in [0, 0.05) is 18.3 Å². The summed E-state index contributed by atoms with van der Waals surface area (Å²) in [4.78, 5) is 27.3. The van der Waals surface area contributed by atoms with Gasteiger partial charge in [-0.15, -0.1) is 0 Å². The second-order valence-electron chi connectivity index (χ2n) is 7.26. The molecular formula is C22H29N3O4S. The number of carbonyl (C=O) groups excluding carboxylic acids is 2. The van der Waals surface area contributed by atoms with Gasteiger partial charge in [-0.2, -0.15) is 11.3 Å². The van der Waals surface area contributed by atoms with Crippen molar-refractivity contribution in [2.45, 2.75) is 31.7 Å². The number of anilines is 1. The second-order valence-corrected chi connectivity index (χ2v) is 8.04. The molecule has 0 unspecified atom stereocenters. The van der Waals surface area contributed by atoms with Gasteiger partial charge in [-0.25, -0.2) is 0 Å². The smallest absolute Gasteiger partial charge is 0.313 e. The zero-order chi connectivity index (χ0) is 21.3. The molecule has 0 radical (unpaired) electrons. The summed E-state index contributed by atoms with van der Waals surface area (Å²) in [5.74, 6) is -0.326. The predicted octanol–water partition coefficient (Wildman–Crippen LogP) is 3.44. The molecule has 1 aliphatic rings. The highest BCUT2D eigenvalue weighted by atomic mass is 32.1. The van der Waals surface area contributed by atoms with E-state index in [1.54, 1.807) is 29.5 Å². The molecule has 8 heteroatoms. The Morgan fingerprint density at radius 1 is 1.03 bits per heavy atom. The van der Waals surface area contributed by atoms with Crippen LogP contribution in [0.4, 0.5) is 5.69 Å². The van der Waals surface area contributed by atoms with Crippen molar-refractivity contribution < 1.29 is 19.1 Å². The van der Waals surface area contributed by atoms with E-state index in [1.165, 1.54) is 32.6 Å². The van der Waals surface area contributed by atoms with Gasteiger partial charge in [0.2, 0.25) is 0 Å². The van der Waals surface area contributed by atoms with Crippen molar-refractivity contribution in [2.24, 2.45) is 0 Å². The van der Waals surface area contributed by atoms with Crippen molar-refractivity contribution in [3.8, 4) is 11.5 Å². The average Bonchev–Trinajstić information content (AvgIpc) is 3.16. The van der Waals surface area contributed by atoms with Crippen molar-refractivity contribution in [3.05, 3.63) is 40.6 Å². The van der Waals surface area contributed by atoms with Crippen molar-refractivity contribution in [1.29, 1.82) is 0 Å². The number of thiophene rings is 1. The lowest BCUT2D eigenvalue weighted by Crippen LogP contribution is -2.42. The van der Waals surface area contributed by atoms with E-state index in [0.29, 0.717) is 23.7 Å². The van der Waals surface area contributed by atoms with Crippen LogP contribution in [-0.4, -0.2) is 50.6 Å². The molecule has 1 fully saturated rings. The standard InChI is InChI=1S/C22H29N3O4S/c1-28-19-8-7-17(13-20(19)29-2)24-22(27)21(26)23-14-18(16-9-12-30-15-16)25-10-5-3-4-6-11-25/h7-9,12-13,15,18H,3-6,10-11,14H2,1-2H3,(H,23,26)(H,24,27)/t18-/m0/s1. The maximum Gasteiger partial charge on any atom is 0.313 e. The number of hydrogen-bond acceptors (Lipinski definition) is 6. The molecule has 0 aliphatic carbocycles. The van der Waals surface area contributed by atoms with Crippen LogP contribution in [0, 0.1) is 0 Å². The number of hydrogen-bond donors (Lipinski definition) is 2. The van der Waals surface area contributed by atoms with Crippen LogP contribution in [0.25, 0.3) is 0 Å². The molecule has 7 nitrogen and oxygen atoms in total.